The van der Waals surface area contributed by atoms with Crippen LogP contribution in [-0.4, -0.2) is 37.5 Å². The number of H-pyrrole nitrogens is 1. The normalized spacial score (nSPS) is 11.1. The van der Waals surface area contributed by atoms with Crippen LogP contribution < -0.4 is 0 Å². The monoisotopic (exact) mass is 390 g/mol. The molecule has 0 fully saturated rings. The smallest absolute Gasteiger partial charge is 0.277 e. The Kier molecular flexibility index (Phi) is 5.38. The molecule has 0 bridgehead atoms. The van der Waals surface area contributed by atoms with Crippen molar-refractivity contribution in [1.29, 1.82) is 0 Å². The zero-order valence-electron chi connectivity index (χ0n) is 14.9. The highest BCUT2D eigenvalue weighted by molar-refractivity contribution is 7.99. The molecule has 0 aliphatic heterocycles. The van der Waals surface area contributed by atoms with Crippen molar-refractivity contribution >= 4 is 34.7 Å². The molecule has 0 aliphatic carbocycles. The molecule has 9 heteroatoms. The second-order valence-electron chi connectivity index (χ2n) is 5.89. The van der Waals surface area contributed by atoms with Crippen LogP contribution in [-0.2, 0) is 6.42 Å². The maximum atomic E-state index is 12.5. The molecular weight excluding hydrogens is 372 g/mol. The number of hydrogen-bond acceptors (Lipinski definition) is 8. The van der Waals surface area contributed by atoms with E-state index >= 15 is 0 Å². The van der Waals surface area contributed by atoms with Crippen molar-refractivity contribution in [2.75, 3.05) is 5.75 Å². The standard InChI is InChI=1S/C17H18N4O3S2/c1-8-15(10(3)22)9(2)18-16(8)13(23)7-26-17-21-20-14(24-17)5-12-6-25-11(4)19-12/h6,18H,5,7H2,1-4H3. The van der Waals surface area contributed by atoms with Crippen LogP contribution in [0.25, 0.3) is 0 Å². The van der Waals surface area contributed by atoms with E-state index in [1.54, 1.807) is 25.2 Å². The van der Waals surface area contributed by atoms with Crippen molar-refractivity contribution in [2.45, 2.75) is 39.3 Å². The number of rotatable bonds is 7. The molecule has 3 aromatic heterocycles. The van der Waals surface area contributed by atoms with E-state index in [0.29, 0.717) is 40.0 Å². The number of hydrogen-bond donors (Lipinski definition) is 1. The number of thioether (sulfide) groups is 1. The highest BCUT2D eigenvalue weighted by Gasteiger charge is 2.20. The molecule has 26 heavy (non-hydrogen) atoms. The number of nitrogens with one attached hydrogen (secondary N) is 1. The first kappa shape index (κ1) is 18.5. The molecule has 7 nitrogen and oxygen atoms in total. The van der Waals surface area contributed by atoms with Crippen molar-refractivity contribution < 1.29 is 14.0 Å². The first-order chi connectivity index (χ1) is 12.3. The number of carbonyl (C=O) groups excluding carboxylic acids is 2. The van der Waals surface area contributed by atoms with Crippen LogP contribution in [0.2, 0.25) is 0 Å². The number of carbonyl (C=O) groups is 2. The lowest BCUT2D eigenvalue weighted by atomic mass is 10.1. The van der Waals surface area contributed by atoms with Gasteiger partial charge in [-0.2, -0.15) is 0 Å². The zero-order chi connectivity index (χ0) is 18.8. The largest absolute Gasteiger partial charge is 0.416 e. The van der Waals surface area contributed by atoms with Gasteiger partial charge in [-0.3, -0.25) is 9.59 Å². The Labute approximate surface area is 158 Å². The molecule has 1 N–H and O–H groups in total. The highest BCUT2D eigenvalue weighted by atomic mass is 32.2. The zero-order valence-corrected chi connectivity index (χ0v) is 16.5. The molecule has 0 amide bonds. The van der Waals surface area contributed by atoms with Crippen LogP contribution in [0.4, 0.5) is 0 Å². The van der Waals surface area contributed by atoms with Crippen molar-refractivity contribution in [3.63, 3.8) is 0 Å². The number of aromatic amines is 1. The summed E-state index contributed by atoms with van der Waals surface area (Å²) in [5.41, 5.74) is 3.32. The van der Waals surface area contributed by atoms with E-state index in [9.17, 15) is 9.59 Å². The lowest BCUT2D eigenvalue weighted by Gasteiger charge is -1.99. The molecule has 3 heterocycles. The highest BCUT2D eigenvalue weighted by Crippen LogP contribution is 2.23. The molecule has 0 atom stereocenters. The van der Waals surface area contributed by atoms with E-state index in [2.05, 4.69) is 20.2 Å². The van der Waals surface area contributed by atoms with Crippen molar-refractivity contribution in [3.05, 3.63) is 44.5 Å². The number of aryl methyl sites for hydroxylation is 2. The summed E-state index contributed by atoms with van der Waals surface area (Å²) in [6, 6.07) is 0. The van der Waals surface area contributed by atoms with Crippen molar-refractivity contribution in [1.82, 2.24) is 20.2 Å². The molecule has 3 rings (SSSR count). The molecule has 0 aliphatic rings. The quantitative estimate of drug-likeness (QED) is 0.486. The summed E-state index contributed by atoms with van der Waals surface area (Å²) in [6.45, 7) is 7.00. The fourth-order valence-electron chi connectivity index (χ4n) is 2.77. The maximum absolute atomic E-state index is 12.5. The van der Waals surface area contributed by atoms with Crippen LogP contribution in [0.3, 0.4) is 0 Å². The molecular formula is C17H18N4O3S2. The third kappa shape index (κ3) is 3.94. The fraction of sp³-hybridized carbons (Fsp3) is 0.353. The Bertz CT molecular complexity index is 971. The molecule has 3 aromatic rings. The van der Waals surface area contributed by atoms with Gasteiger partial charge in [0.1, 0.15) is 0 Å². The minimum atomic E-state index is -0.113. The molecule has 0 spiro atoms. The predicted octanol–water partition coefficient (Wildman–Crippen LogP) is 3.55. The summed E-state index contributed by atoms with van der Waals surface area (Å²) < 4.78 is 5.57. The van der Waals surface area contributed by atoms with Gasteiger partial charge in [-0.25, -0.2) is 4.98 Å². The summed E-state index contributed by atoms with van der Waals surface area (Å²) in [6.07, 6.45) is 0.475. The third-order valence-corrected chi connectivity index (χ3v) is 5.48. The molecule has 0 saturated heterocycles. The van der Waals surface area contributed by atoms with E-state index in [0.717, 1.165) is 10.7 Å². The SMILES string of the molecule is CC(=O)c1c(C)[nH]c(C(=O)CSc2nnc(Cc3csc(C)n3)o2)c1C. The van der Waals surface area contributed by atoms with Gasteiger partial charge in [0.15, 0.2) is 11.6 Å². The predicted molar refractivity (Wildman–Crippen MR) is 99.3 cm³/mol. The van der Waals surface area contributed by atoms with Gasteiger partial charge in [0.05, 0.1) is 28.6 Å². The van der Waals surface area contributed by atoms with Gasteiger partial charge >= 0.3 is 0 Å². The second-order valence-corrected chi connectivity index (χ2v) is 7.88. The summed E-state index contributed by atoms with van der Waals surface area (Å²) >= 11 is 2.75. The Morgan fingerprint density at radius 2 is 2.04 bits per heavy atom. The number of ketones is 2. The van der Waals surface area contributed by atoms with Gasteiger partial charge < -0.3 is 9.40 Å². The minimum absolute atomic E-state index is 0.0539. The topological polar surface area (TPSA) is 102 Å². The van der Waals surface area contributed by atoms with Crippen LogP contribution in [0.15, 0.2) is 15.0 Å². The average Bonchev–Trinajstić information content (AvgIpc) is 3.25. The first-order valence-electron chi connectivity index (χ1n) is 7.94. The van der Waals surface area contributed by atoms with Crippen LogP contribution in [0, 0.1) is 20.8 Å². The number of thiazole rings is 1. The van der Waals surface area contributed by atoms with Crippen molar-refractivity contribution in [2.24, 2.45) is 0 Å². The van der Waals surface area contributed by atoms with Gasteiger partial charge in [0.25, 0.3) is 5.22 Å². The third-order valence-electron chi connectivity index (χ3n) is 3.84. The van der Waals surface area contributed by atoms with Crippen molar-refractivity contribution in [3.8, 4) is 0 Å². The summed E-state index contributed by atoms with van der Waals surface area (Å²) in [5, 5.41) is 11.2. The minimum Gasteiger partial charge on any atom is -0.416 e. The fourth-order valence-corrected chi connectivity index (χ4v) is 4.03. The Morgan fingerprint density at radius 3 is 2.65 bits per heavy atom. The summed E-state index contributed by atoms with van der Waals surface area (Å²) in [5.74, 6) is 0.450. The first-order valence-corrected chi connectivity index (χ1v) is 9.81. The maximum Gasteiger partial charge on any atom is 0.277 e. The molecule has 0 unspecified atom stereocenters. The van der Waals surface area contributed by atoms with E-state index < -0.39 is 0 Å². The Morgan fingerprint density at radius 1 is 1.27 bits per heavy atom. The van der Waals surface area contributed by atoms with E-state index in [1.807, 2.05) is 12.3 Å². The van der Waals surface area contributed by atoms with Gasteiger partial charge in [0.2, 0.25) is 5.89 Å². The lowest BCUT2D eigenvalue weighted by Crippen LogP contribution is -2.05. The van der Waals surface area contributed by atoms with Gasteiger partial charge in [0, 0.05) is 16.6 Å². The van der Waals surface area contributed by atoms with E-state index in [4.69, 9.17) is 4.42 Å². The molecule has 0 aromatic carbocycles. The van der Waals surface area contributed by atoms with Crippen LogP contribution in [0.1, 0.15) is 55.6 Å². The number of Topliss-reactive ketones (excluding diaryl/α,β-unsaturated/α-hetero) is 2. The molecule has 0 radical (unpaired) electrons. The van der Waals surface area contributed by atoms with Gasteiger partial charge in [-0.1, -0.05) is 11.8 Å². The number of aromatic nitrogens is 4. The van der Waals surface area contributed by atoms with Gasteiger partial charge in [-0.05, 0) is 33.3 Å². The summed E-state index contributed by atoms with van der Waals surface area (Å²) in [4.78, 5) is 31.5. The van der Waals surface area contributed by atoms with E-state index in [1.165, 1.54) is 18.7 Å². The molecule has 0 saturated carbocycles. The van der Waals surface area contributed by atoms with Crippen LogP contribution in [0.5, 0.6) is 0 Å². The number of nitrogens with zero attached hydrogens (tertiary/aromatic N) is 3. The second kappa shape index (κ2) is 7.55. The van der Waals surface area contributed by atoms with Crippen LogP contribution >= 0.6 is 23.1 Å². The Balaban J connectivity index is 1.63. The van der Waals surface area contributed by atoms with Gasteiger partial charge in [-0.15, -0.1) is 21.5 Å². The average molecular weight is 390 g/mol. The molecule has 136 valence electrons. The van der Waals surface area contributed by atoms with E-state index in [-0.39, 0.29) is 17.3 Å². The lowest BCUT2D eigenvalue weighted by molar-refractivity contribution is 0.101. The Hall–Kier alpha value is -2.26. The summed E-state index contributed by atoms with van der Waals surface area (Å²) in [7, 11) is 0.